The number of ether oxygens (including phenoxy) is 4. The van der Waals surface area contributed by atoms with Gasteiger partial charge in [-0.15, -0.1) is 0 Å². The summed E-state index contributed by atoms with van der Waals surface area (Å²) in [5, 5.41) is 15.6. The molecule has 2 heterocycles. The minimum atomic E-state index is -1.03. The van der Waals surface area contributed by atoms with Crippen LogP contribution in [0.5, 0.6) is 17.2 Å². The zero-order valence-electron chi connectivity index (χ0n) is 23.8. The molecule has 10 heteroatoms. The summed E-state index contributed by atoms with van der Waals surface area (Å²) in [5.74, 6) is -0.728. The number of carbonyl (C=O) groups is 2. The fourth-order valence-corrected chi connectivity index (χ4v) is 6.05. The van der Waals surface area contributed by atoms with Gasteiger partial charge in [-0.25, -0.2) is 4.79 Å². The second-order valence-electron chi connectivity index (χ2n) is 10.7. The molecule has 2 atom stereocenters. The molecule has 1 N–H and O–H groups in total. The van der Waals surface area contributed by atoms with Gasteiger partial charge in [0, 0.05) is 35.4 Å². The van der Waals surface area contributed by atoms with Crippen molar-refractivity contribution in [3.05, 3.63) is 116 Å². The third-order valence-corrected chi connectivity index (χ3v) is 8.13. The monoisotopic (exact) mass is 582 g/mol. The van der Waals surface area contributed by atoms with E-state index >= 15 is 0 Å². The molecule has 3 aliphatic rings. The molecule has 3 aromatic rings. The lowest BCUT2D eigenvalue weighted by atomic mass is 9.71. The van der Waals surface area contributed by atoms with Gasteiger partial charge in [-0.3, -0.25) is 14.9 Å². The van der Waals surface area contributed by atoms with Crippen molar-refractivity contribution in [3.8, 4) is 17.2 Å². The molecule has 2 aliphatic heterocycles. The van der Waals surface area contributed by atoms with Crippen LogP contribution in [-0.2, 0) is 20.7 Å². The van der Waals surface area contributed by atoms with Crippen LogP contribution in [0.15, 0.2) is 89.3 Å². The maximum absolute atomic E-state index is 14.0. The molecule has 0 unspecified atom stereocenters. The van der Waals surface area contributed by atoms with E-state index < -0.39 is 16.8 Å². The standard InChI is InChI=1S/C33H30N2O8/c1-19-30(33(37)41-13-12-20-6-4-3-5-7-20)31(24-16-28-29(43-18-42-28)17-26(24)35(38)39)32-25(34-19)14-22(15-27(32)36)21-8-10-23(40-2)11-9-21/h3-11,16-17,22,31,34H,12-15,18H2,1-2H3/t22-,31-/m1/s1. The molecule has 0 aromatic heterocycles. The molecule has 0 saturated heterocycles. The van der Waals surface area contributed by atoms with Crippen molar-refractivity contribution in [2.75, 3.05) is 20.5 Å². The zero-order chi connectivity index (χ0) is 30.1. The maximum Gasteiger partial charge on any atom is 0.336 e. The van der Waals surface area contributed by atoms with Crippen molar-refractivity contribution < 1.29 is 33.5 Å². The van der Waals surface area contributed by atoms with E-state index in [4.69, 9.17) is 18.9 Å². The number of fused-ring (bicyclic) bond motifs is 1. The van der Waals surface area contributed by atoms with Crippen molar-refractivity contribution >= 4 is 17.4 Å². The number of esters is 1. The fourth-order valence-electron chi connectivity index (χ4n) is 6.05. The first-order valence-electron chi connectivity index (χ1n) is 14.0. The number of hydrogen-bond acceptors (Lipinski definition) is 9. The van der Waals surface area contributed by atoms with E-state index in [0.717, 1.165) is 11.1 Å². The highest BCUT2D eigenvalue weighted by atomic mass is 16.7. The Balaban J connectivity index is 1.40. The number of carbonyl (C=O) groups excluding carboxylic acids is 2. The van der Waals surface area contributed by atoms with Crippen molar-refractivity contribution in [2.45, 2.75) is 38.0 Å². The molecule has 0 fully saturated rings. The minimum Gasteiger partial charge on any atom is -0.497 e. The molecular weight excluding hydrogens is 552 g/mol. The number of dihydropyridines is 1. The topological polar surface area (TPSA) is 126 Å². The SMILES string of the molecule is COc1ccc([C@H]2CC(=O)C3=C(C2)NC(C)=C(C(=O)OCCc2ccccc2)[C@H]3c2cc3c(cc2[N+](=O)[O-])OCO3)cc1. The Bertz CT molecular complexity index is 1660. The van der Waals surface area contributed by atoms with E-state index in [-0.39, 0.29) is 54.1 Å². The van der Waals surface area contributed by atoms with E-state index in [0.29, 0.717) is 41.3 Å². The van der Waals surface area contributed by atoms with Crippen LogP contribution in [0.2, 0.25) is 0 Å². The number of rotatable bonds is 8. The molecule has 1 aliphatic carbocycles. The van der Waals surface area contributed by atoms with E-state index in [1.165, 1.54) is 12.1 Å². The van der Waals surface area contributed by atoms with Crippen LogP contribution in [0.25, 0.3) is 0 Å². The van der Waals surface area contributed by atoms with E-state index in [9.17, 15) is 19.7 Å². The highest BCUT2D eigenvalue weighted by Crippen LogP contribution is 2.50. The van der Waals surface area contributed by atoms with Crippen LogP contribution in [0.4, 0.5) is 5.69 Å². The molecule has 220 valence electrons. The summed E-state index contributed by atoms with van der Waals surface area (Å²) in [4.78, 5) is 39.5. The third-order valence-electron chi connectivity index (χ3n) is 8.13. The smallest absolute Gasteiger partial charge is 0.336 e. The van der Waals surface area contributed by atoms with Crippen LogP contribution in [0, 0.1) is 10.1 Å². The number of nitrogens with one attached hydrogen (secondary N) is 1. The van der Waals surface area contributed by atoms with E-state index in [2.05, 4.69) is 5.32 Å². The van der Waals surface area contributed by atoms with Crippen molar-refractivity contribution in [2.24, 2.45) is 0 Å². The molecule has 10 nitrogen and oxygen atoms in total. The summed E-state index contributed by atoms with van der Waals surface area (Å²) in [6.45, 7) is 1.75. The van der Waals surface area contributed by atoms with Crippen molar-refractivity contribution in [1.29, 1.82) is 0 Å². The second kappa shape index (κ2) is 11.6. The molecular formula is C33H30N2O8. The maximum atomic E-state index is 14.0. The average Bonchev–Trinajstić information content (AvgIpc) is 3.48. The van der Waals surface area contributed by atoms with Gasteiger partial charge in [0.25, 0.3) is 5.69 Å². The Hall–Kier alpha value is -5.12. The van der Waals surface area contributed by atoms with Crippen LogP contribution in [0.1, 0.15) is 48.3 Å². The lowest BCUT2D eigenvalue weighted by molar-refractivity contribution is -0.385. The predicted octanol–water partition coefficient (Wildman–Crippen LogP) is 5.48. The summed E-state index contributed by atoms with van der Waals surface area (Å²) in [6.07, 6.45) is 1.16. The van der Waals surface area contributed by atoms with Crippen molar-refractivity contribution in [1.82, 2.24) is 5.32 Å². The van der Waals surface area contributed by atoms with Gasteiger partial charge in [-0.1, -0.05) is 42.5 Å². The Morgan fingerprint density at radius 2 is 1.77 bits per heavy atom. The molecule has 3 aromatic carbocycles. The summed E-state index contributed by atoms with van der Waals surface area (Å²) < 4.78 is 21.9. The van der Waals surface area contributed by atoms with Crippen LogP contribution >= 0.6 is 0 Å². The average molecular weight is 583 g/mol. The Labute approximate surface area is 248 Å². The predicted molar refractivity (Wildman–Crippen MR) is 156 cm³/mol. The Kier molecular flexibility index (Phi) is 7.58. The quantitative estimate of drug-likeness (QED) is 0.209. The molecule has 43 heavy (non-hydrogen) atoms. The number of nitro benzene ring substituents is 1. The Morgan fingerprint density at radius 1 is 1.05 bits per heavy atom. The van der Waals surface area contributed by atoms with E-state index in [1.807, 2.05) is 54.6 Å². The third kappa shape index (κ3) is 5.43. The van der Waals surface area contributed by atoms with Gasteiger partial charge in [0.05, 0.1) is 36.2 Å². The van der Waals surface area contributed by atoms with Gasteiger partial charge < -0.3 is 24.3 Å². The van der Waals surface area contributed by atoms with Gasteiger partial charge in [0.1, 0.15) is 5.75 Å². The normalized spacial score (nSPS) is 19.1. The van der Waals surface area contributed by atoms with Gasteiger partial charge in [-0.05, 0) is 48.6 Å². The van der Waals surface area contributed by atoms with E-state index in [1.54, 1.807) is 14.0 Å². The number of allylic oxidation sites excluding steroid dienone is 3. The van der Waals surface area contributed by atoms with Gasteiger partial charge in [-0.2, -0.15) is 0 Å². The summed E-state index contributed by atoms with van der Waals surface area (Å²) >= 11 is 0. The second-order valence-corrected chi connectivity index (χ2v) is 10.7. The van der Waals surface area contributed by atoms with Crippen LogP contribution < -0.4 is 19.5 Å². The van der Waals surface area contributed by atoms with Gasteiger partial charge in [0.2, 0.25) is 6.79 Å². The number of nitrogens with zero attached hydrogens (tertiary/aromatic N) is 1. The largest absolute Gasteiger partial charge is 0.497 e. The molecule has 0 bridgehead atoms. The first-order chi connectivity index (χ1) is 20.8. The highest BCUT2D eigenvalue weighted by Gasteiger charge is 2.44. The lowest BCUT2D eigenvalue weighted by Gasteiger charge is -2.36. The van der Waals surface area contributed by atoms with Gasteiger partial charge in [0.15, 0.2) is 17.3 Å². The number of hydrogen-bond donors (Lipinski definition) is 1. The summed E-state index contributed by atoms with van der Waals surface area (Å²) in [7, 11) is 1.59. The highest BCUT2D eigenvalue weighted by molar-refractivity contribution is 6.04. The molecule has 0 saturated carbocycles. The lowest BCUT2D eigenvalue weighted by Crippen LogP contribution is -2.36. The minimum absolute atomic E-state index is 0.0815. The number of benzene rings is 3. The fraction of sp³-hybridized carbons (Fsp3) is 0.273. The first-order valence-corrected chi connectivity index (χ1v) is 14.0. The van der Waals surface area contributed by atoms with Crippen LogP contribution in [0.3, 0.4) is 0 Å². The first kappa shape index (κ1) is 28.0. The summed E-state index contributed by atoms with van der Waals surface area (Å²) in [6, 6.07) is 20.0. The zero-order valence-corrected chi connectivity index (χ0v) is 23.8. The number of ketones is 1. The molecule has 0 amide bonds. The van der Waals surface area contributed by atoms with Crippen LogP contribution in [-0.4, -0.2) is 37.2 Å². The van der Waals surface area contributed by atoms with Crippen molar-refractivity contribution in [3.63, 3.8) is 0 Å². The number of nitro groups is 1. The number of Topliss-reactive ketones (excluding diaryl/α,β-unsaturated/α-hetero) is 1. The Morgan fingerprint density at radius 3 is 2.47 bits per heavy atom. The molecule has 0 spiro atoms. The number of methoxy groups -OCH3 is 1. The van der Waals surface area contributed by atoms with Gasteiger partial charge >= 0.3 is 5.97 Å². The molecule has 0 radical (unpaired) electrons. The summed E-state index contributed by atoms with van der Waals surface area (Å²) in [5.41, 5.74) is 3.47. The molecule has 6 rings (SSSR count).